The number of benzene rings is 1. The van der Waals surface area contributed by atoms with E-state index < -0.39 is 15.6 Å². The maximum atomic E-state index is 12.5. The second-order valence-electron chi connectivity index (χ2n) is 8.90. The second-order valence-corrected chi connectivity index (χ2v) is 11.0. The summed E-state index contributed by atoms with van der Waals surface area (Å²) in [5.41, 5.74) is 1.94. The molecular formula is C21H33NO3S. The fourth-order valence-electron chi connectivity index (χ4n) is 3.53. The van der Waals surface area contributed by atoms with Crippen LogP contribution in [-0.4, -0.2) is 38.1 Å². The Bertz CT molecular complexity index is 709. The van der Waals surface area contributed by atoms with Crippen LogP contribution in [0, 0.1) is 5.92 Å². The van der Waals surface area contributed by atoms with Crippen LogP contribution < -0.4 is 0 Å². The minimum atomic E-state index is -3.47. The van der Waals surface area contributed by atoms with Crippen LogP contribution in [0.2, 0.25) is 0 Å². The van der Waals surface area contributed by atoms with Gasteiger partial charge < -0.3 is 4.90 Å². The Kier molecular flexibility index (Phi) is 6.54. The Morgan fingerprint density at radius 2 is 1.62 bits per heavy atom. The molecule has 0 aromatic heterocycles. The summed E-state index contributed by atoms with van der Waals surface area (Å²) in [7, 11) is -1.72. The van der Waals surface area contributed by atoms with E-state index in [4.69, 9.17) is 0 Å². The number of carbonyl (C=O) groups excluding carboxylic acids is 1. The van der Waals surface area contributed by atoms with Crippen LogP contribution >= 0.6 is 0 Å². The Morgan fingerprint density at radius 1 is 1.08 bits per heavy atom. The van der Waals surface area contributed by atoms with E-state index in [-0.39, 0.29) is 23.1 Å². The summed E-state index contributed by atoms with van der Waals surface area (Å²) in [6, 6.07) is 7.84. The Morgan fingerprint density at radius 3 is 2.12 bits per heavy atom. The molecule has 2 rings (SSSR count). The smallest absolute Gasteiger partial charge is 0.237 e. The molecule has 1 aromatic carbocycles. The summed E-state index contributed by atoms with van der Waals surface area (Å²) < 4.78 is 25.0. The summed E-state index contributed by atoms with van der Waals surface area (Å²) >= 11 is 0. The molecule has 1 amide bonds. The van der Waals surface area contributed by atoms with Gasteiger partial charge in [0.2, 0.25) is 5.91 Å². The largest absolute Gasteiger partial charge is 0.342 e. The Labute approximate surface area is 158 Å². The average molecular weight is 380 g/mol. The third kappa shape index (κ3) is 5.83. The van der Waals surface area contributed by atoms with Crippen molar-refractivity contribution in [3.8, 4) is 0 Å². The van der Waals surface area contributed by atoms with Gasteiger partial charge in [0.1, 0.15) is 5.75 Å². The van der Waals surface area contributed by atoms with Gasteiger partial charge in [0.05, 0.1) is 5.75 Å². The zero-order valence-corrected chi connectivity index (χ0v) is 17.6. The molecule has 146 valence electrons. The van der Waals surface area contributed by atoms with Crippen molar-refractivity contribution in [3.63, 3.8) is 0 Å². The molecular weight excluding hydrogens is 346 g/mol. The molecule has 0 spiro atoms. The van der Waals surface area contributed by atoms with Gasteiger partial charge in [-0.25, -0.2) is 8.42 Å². The third-order valence-electron chi connectivity index (χ3n) is 5.48. The van der Waals surface area contributed by atoms with E-state index in [0.29, 0.717) is 5.92 Å². The van der Waals surface area contributed by atoms with Crippen LogP contribution in [0.3, 0.4) is 0 Å². The van der Waals surface area contributed by atoms with E-state index in [1.165, 1.54) is 5.56 Å². The molecule has 1 aliphatic carbocycles. The predicted octanol–water partition coefficient (Wildman–Crippen LogP) is 3.94. The van der Waals surface area contributed by atoms with Gasteiger partial charge >= 0.3 is 0 Å². The van der Waals surface area contributed by atoms with E-state index >= 15 is 0 Å². The number of hydrogen-bond acceptors (Lipinski definition) is 3. The molecule has 4 nitrogen and oxygen atoms in total. The summed E-state index contributed by atoms with van der Waals surface area (Å²) in [5.74, 6) is -0.0691. The van der Waals surface area contributed by atoms with Crippen molar-refractivity contribution in [2.24, 2.45) is 5.92 Å². The number of nitrogens with zero attached hydrogens (tertiary/aromatic N) is 1. The highest BCUT2D eigenvalue weighted by Gasteiger charge is 2.27. The first-order valence-electron chi connectivity index (χ1n) is 9.53. The summed E-state index contributed by atoms with van der Waals surface area (Å²) in [4.78, 5) is 14.1. The van der Waals surface area contributed by atoms with Gasteiger partial charge in [0.15, 0.2) is 9.84 Å². The van der Waals surface area contributed by atoms with Crippen LogP contribution in [0.4, 0.5) is 0 Å². The molecule has 0 saturated heterocycles. The lowest BCUT2D eigenvalue weighted by Gasteiger charge is -2.33. The topological polar surface area (TPSA) is 54.5 Å². The fraction of sp³-hybridized carbons (Fsp3) is 0.667. The van der Waals surface area contributed by atoms with Crippen molar-refractivity contribution < 1.29 is 13.2 Å². The molecule has 1 fully saturated rings. The molecule has 1 aromatic rings. The summed E-state index contributed by atoms with van der Waals surface area (Å²) in [6.45, 7) is 8.60. The van der Waals surface area contributed by atoms with E-state index in [1.807, 2.05) is 24.3 Å². The summed E-state index contributed by atoms with van der Waals surface area (Å²) in [6.07, 6.45) is 4.15. The summed E-state index contributed by atoms with van der Waals surface area (Å²) in [5, 5.41) is 0. The van der Waals surface area contributed by atoms with Gasteiger partial charge in [0, 0.05) is 13.1 Å². The van der Waals surface area contributed by atoms with Crippen LogP contribution in [0.15, 0.2) is 24.3 Å². The maximum absolute atomic E-state index is 12.5. The van der Waals surface area contributed by atoms with Gasteiger partial charge in [-0.2, -0.15) is 0 Å². The number of sulfone groups is 1. The van der Waals surface area contributed by atoms with E-state index in [1.54, 1.807) is 11.9 Å². The lowest BCUT2D eigenvalue weighted by Crippen LogP contribution is -2.42. The number of rotatable bonds is 5. The van der Waals surface area contributed by atoms with Crippen LogP contribution in [0.25, 0.3) is 0 Å². The van der Waals surface area contributed by atoms with Gasteiger partial charge in [-0.05, 0) is 48.1 Å². The van der Waals surface area contributed by atoms with Gasteiger partial charge in [0.25, 0.3) is 0 Å². The highest BCUT2D eigenvalue weighted by Crippen LogP contribution is 2.27. The lowest BCUT2D eigenvalue weighted by molar-refractivity contribution is -0.129. The first-order valence-corrected chi connectivity index (χ1v) is 11.4. The normalized spacial score (nSPS) is 21.4. The standard InChI is InChI=1S/C21H33NO3S/c1-16-6-12-19(13-7-16)22(5)20(23)15-26(24,25)14-17-8-10-18(11-9-17)21(2,3)4/h8-11,16,19H,6-7,12-15H2,1-5H3. The van der Waals surface area contributed by atoms with E-state index in [2.05, 4.69) is 27.7 Å². The van der Waals surface area contributed by atoms with Gasteiger partial charge in [-0.3, -0.25) is 4.79 Å². The molecule has 0 atom stereocenters. The predicted molar refractivity (Wildman–Crippen MR) is 107 cm³/mol. The second kappa shape index (κ2) is 8.12. The first kappa shape index (κ1) is 20.9. The SMILES string of the molecule is CC1CCC(N(C)C(=O)CS(=O)(=O)Cc2ccc(C(C)(C)C)cc2)CC1. The Hall–Kier alpha value is -1.36. The molecule has 5 heteroatoms. The van der Waals surface area contributed by atoms with E-state index in [0.717, 1.165) is 31.2 Å². The van der Waals surface area contributed by atoms with Crippen molar-refractivity contribution in [2.45, 2.75) is 70.6 Å². The molecule has 0 bridgehead atoms. The average Bonchev–Trinajstić information content (AvgIpc) is 2.53. The molecule has 26 heavy (non-hydrogen) atoms. The maximum Gasteiger partial charge on any atom is 0.237 e. The Balaban J connectivity index is 1.96. The molecule has 0 N–H and O–H groups in total. The number of hydrogen-bond donors (Lipinski definition) is 0. The molecule has 0 unspecified atom stereocenters. The van der Waals surface area contributed by atoms with Gasteiger partial charge in [-0.15, -0.1) is 0 Å². The third-order valence-corrected chi connectivity index (χ3v) is 6.94. The van der Waals surface area contributed by atoms with Crippen molar-refractivity contribution in [1.29, 1.82) is 0 Å². The number of amides is 1. The highest BCUT2D eigenvalue weighted by molar-refractivity contribution is 7.91. The first-order chi connectivity index (χ1) is 12.0. The van der Waals surface area contributed by atoms with Crippen molar-refractivity contribution in [1.82, 2.24) is 4.90 Å². The zero-order chi connectivity index (χ0) is 19.5. The van der Waals surface area contributed by atoms with Crippen molar-refractivity contribution >= 4 is 15.7 Å². The molecule has 0 aliphatic heterocycles. The zero-order valence-electron chi connectivity index (χ0n) is 16.8. The minimum absolute atomic E-state index is 0.0353. The lowest BCUT2D eigenvalue weighted by atomic mass is 9.87. The molecule has 1 saturated carbocycles. The molecule has 0 heterocycles. The monoisotopic (exact) mass is 379 g/mol. The van der Waals surface area contributed by atoms with Crippen LogP contribution in [-0.2, 0) is 25.8 Å². The highest BCUT2D eigenvalue weighted by atomic mass is 32.2. The molecule has 1 aliphatic rings. The van der Waals surface area contributed by atoms with Gasteiger partial charge in [-0.1, -0.05) is 52.0 Å². The molecule has 0 radical (unpaired) electrons. The van der Waals surface area contributed by atoms with Crippen LogP contribution in [0.1, 0.15) is 64.5 Å². The minimum Gasteiger partial charge on any atom is -0.342 e. The van der Waals surface area contributed by atoms with E-state index in [9.17, 15) is 13.2 Å². The number of carbonyl (C=O) groups is 1. The van der Waals surface area contributed by atoms with Crippen molar-refractivity contribution in [2.75, 3.05) is 12.8 Å². The van der Waals surface area contributed by atoms with Crippen molar-refractivity contribution in [3.05, 3.63) is 35.4 Å². The fourth-order valence-corrected chi connectivity index (χ4v) is 4.91. The van der Waals surface area contributed by atoms with Crippen LogP contribution in [0.5, 0.6) is 0 Å². The quantitative estimate of drug-likeness (QED) is 0.779.